The number of carbonyl (C=O) groups is 2. The van der Waals surface area contributed by atoms with Crippen LogP contribution in [0.4, 0.5) is 26.3 Å². The molecule has 0 unspecified atom stereocenters. The lowest BCUT2D eigenvalue weighted by atomic mass is 9.32. The second-order valence-corrected chi connectivity index (χ2v) is 16.9. The summed E-state index contributed by atoms with van der Waals surface area (Å²) in [6.07, 6.45) is -3.39. The fourth-order valence-corrected chi connectivity index (χ4v) is 12.6. The smallest absolute Gasteiger partial charge is 0.458 e. The number of fused-ring (bicyclic) bond motifs is 7. The number of carbonyl (C=O) groups excluding carboxylic acids is 2. The molecule has 5 aliphatic carbocycles. The van der Waals surface area contributed by atoms with Crippen molar-refractivity contribution >= 4 is 27.9 Å². The van der Waals surface area contributed by atoms with Gasteiger partial charge in [0.15, 0.2) is 0 Å². The van der Waals surface area contributed by atoms with Gasteiger partial charge in [-0.2, -0.15) is 26.3 Å². The molecule has 0 bridgehead atoms. The molecule has 0 N–H and O–H groups in total. The van der Waals surface area contributed by atoms with E-state index in [1.165, 1.54) is 0 Å². The Hall–Kier alpha value is -1.26. The van der Waals surface area contributed by atoms with Gasteiger partial charge in [-0.15, -0.1) is 0 Å². The van der Waals surface area contributed by atoms with Crippen molar-refractivity contribution in [3.63, 3.8) is 0 Å². The molecule has 0 aromatic carbocycles. The Morgan fingerprint density at radius 1 is 0.778 bits per heavy atom. The number of ether oxygens (including phenoxy) is 2. The van der Waals surface area contributed by atoms with Crippen molar-refractivity contribution in [1.82, 2.24) is 0 Å². The summed E-state index contributed by atoms with van der Waals surface area (Å²) in [5.74, 6) is -3.54. The molecule has 0 aromatic rings. The van der Waals surface area contributed by atoms with Crippen molar-refractivity contribution in [3.8, 4) is 0 Å². The maximum atomic E-state index is 13.2. The maximum Gasteiger partial charge on any atom is 0.490 e. The second-order valence-electron chi connectivity index (χ2n) is 16.3. The van der Waals surface area contributed by atoms with Crippen LogP contribution in [0.15, 0.2) is 12.2 Å². The molecule has 11 heteroatoms. The zero-order chi connectivity index (χ0) is 33.6. The molecular weight excluding hydrogens is 666 g/mol. The molecule has 10 atom stereocenters. The Labute approximate surface area is 270 Å². The molecule has 0 amide bonds. The summed E-state index contributed by atoms with van der Waals surface area (Å²) in [6.45, 7) is 15.1. The molecule has 0 heterocycles. The summed E-state index contributed by atoms with van der Waals surface area (Å²) in [7, 11) is 0. The first kappa shape index (κ1) is 35.1. The number of halogens is 7. The molecule has 5 saturated carbocycles. The van der Waals surface area contributed by atoms with E-state index >= 15 is 0 Å². The molecule has 0 aromatic heterocycles. The third-order valence-electron chi connectivity index (χ3n) is 14.4. The van der Waals surface area contributed by atoms with Gasteiger partial charge >= 0.3 is 24.3 Å². The van der Waals surface area contributed by atoms with E-state index < -0.39 is 41.2 Å². The molecule has 5 rings (SSSR count). The van der Waals surface area contributed by atoms with E-state index in [2.05, 4.69) is 43.3 Å². The summed E-state index contributed by atoms with van der Waals surface area (Å²) in [6, 6.07) is 0. The van der Waals surface area contributed by atoms with Crippen molar-refractivity contribution in [1.29, 1.82) is 0 Å². The van der Waals surface area contributed by atoms with Crippen LogP contribution in [0.2, 0.25) is 0 Å². The van der Waals surface area contributed by atoms with Gasteiger partial charge in [-0.1, -0.05) is 62.7 Å². The van der Waals surface area contributed by atoms with Gasteiger partial charge in [0.05, 0.1) is 6.61 Å². The third kappa shape index (κ3) is 5.30. The lowest BCUT2D eigenvalue weighted by molar-refractivity contribution is -0.258. The highest BCUT2D eigenvalue weighted by Gasteiger charge is 2.71. The SMILES string of the molecule is C=C(CBr)[C@@H]1CC[C@]2(COC(=O)C(F)(F)F)CC[C@]3(C)[C@H](CC[C@@H]4[C@@]5(C)CC[C@H](OC(=O)C(F)(F)F)C(C)(C)[C@@H]5CC[C@]43C)[C@@H]12. The van der Waals surface area contributed by atoms with Crippen LogP contribution >= 0.6 is 15.9 Å². The van der Waals surface area contributed by atoms with Crippen LogP contribution in [0.1, 0.15) is 98.8 Å². The Bertz CT molecular complexity index is 1220. The quantitative estimate of drug-likeness (QED) is 0.123. The number of allylic oxidation sites excluding steroid dienone is 1. The van der Waals surface area contributed by atoms with Gasteiger partial charge in [0.2, 0.25) is 0 Å². The first-order valence-corrected chi connectivity index (χ1v) is 17.5. The molecule has 0 radical (unpaired) electrons. The first-order chi connectivity index (χ1) is 20.6. The van der Waals surface area contributed by atoms with Gasteiger partial charge < -0.3 is 9.47 Å². The zero-order valence-corrected chi connectivity index (χ0v) is 28.5. The Balaban J connectivity index is 1.45. The van der Waals surface area contributed by atoms with Gasteiger partial charge in [0, 0.05) is 16.2 Å². The fourth-order valence-electron chi connectivity index (χ4n) is 12.2. The highest BCUT2D eigenvalue weighted by molar-refractivity contribution is 9.09. The van der Waals surface area contributed by atoms with Crippen LogP contribution in [-0.4, -0.2) is 42.3 Å². The van der Waals surface area contributed by atoms with Crippen molar-refractivity contribution in [2.24, 2.45) is 56.7 Å². The summed E-state index contributed by atoms with van der Waals surface area (Å²) >= 11 is 3.57. The number of hydrogen-bond acceptors (Lipinski definition) is 4. The van der Waals surface area contributed by atoms with Crippen LogP contribution in [0.25, 0.3) is 0 Å². The predicted octanol–water partition coefficient (Wildman–Crippen LogP) is 9.60. The number of esters is 2. The van der Waals surface area contributed by atoms with Crippen LogP contribution in [0.3, 0.4) is 0 Å². The third-order valence-corrected chi connectivity index (χ3v) is 15.2. The van der Waals surface area contributed by atoms with Gasteiger partial charge in [0.25, 0.3) is 0 Å². The first-order valence-electron chi connectivity index (χ1n) is 16.3. The van der Waals surface area contributed by atoms with Crippen molar-refractivity contribution in [2.45, 2.75) is 117 Å². The fraction of sp³-hybridized carbons (Fsp3) is 0.882. The Kier molecular flexibility index (Phi) is 8.68. The molecule has 256 valence electrons. The summed E-state index contributed by atoms with van der Waals surface area (Å²) < 4.78 is 89.0. The summed E-state index contributed by atoms with van der Waals surface area (Å²) in [5, 5.41) is 0.602. The van der Waals surface area contributed by atoms with Crippen LogP contribution in [-0.2, 0) is 19.1 Å². The number of hydrogen-bond donors (Lipinski definition) is 0. The van der Waals surface area contributed by atoms with E-state index in [9.17, 15) is 35.9 Å². The van der Waals surface area contributed by atoms with Crippen molar-refractivity contribution in [3.05, 3.63) is 12.2 Å². The Morgan fingerprint density at radius 3 is 2.02 bits per heavy atom. The molecule has 0 aliphatic heterocycles. The van der Waals surface area contributed by atoms with Crippen molar-refractivity contribution < 1.29 is 45.4 Å². The minimum Gasteiger partial charge on any atom is -0.458 e. The lowest BCUT2D eigenvalue weighted by Crippen LogP contribution is -2.67. The van der Waals surface area contributed by atoms with E-state index in [0.717, 1.165) is 44.1 Å². The molecule has 4 nitrogen and oxygen atoms in total. The molecule has 0 saturated heterocycles. The highest BCUT2D eigenvalue weighted by Crippen LogP contribution is 2.77. The van der Waals surface area contributed by atoms with Gasteiger partial charge in [-0.25, -0.2) is 9.59 Å². The number of alkyl halides is 7. The standard InChI is InChI=1S/C34H47BrF6O4/c1-19(17-35)20-9-14-32(18-44-26(42)33(36,37)38)16-15-30(5)21(25(20)32)7-8-23-29(4)12-11-24(45-27(43)34(39,40)41)28(2,3)22(29)10-13-31(23,30)6/h20-25H,1,7-18H2,2-6H3/t20-,21+,22-,23+,24-,25+,29-,30+,31+,32+/m0/s1. The topological polar surface area (TPSA) is 52.6 Å². The lowest BCUT2D eigenvalue weighted by Gasteiger charge is -2.73. The average molecular weight is 714 g/mol. The second kappa shape index (κ2) is 11.1. The van der Waals surface area contributed by atoms with Crippen LogP contribution in [0.5, 0.6) is 0 Å². The molecule has 45 heavy (non-hydrogen) atoms. The van der Waals surface area contributed by atoms with Crippen LogP contribution < -0.4 is 0 Å². The van der Waals surface area contributed by atoms with Gasteiger partial charge in [0.1, 0.15) is 6.10 Å². The highest BCUT2D eigenvalue weighted by atomic mass is 79.9. The molecule has 0 spiro atoms. The van der Waals surface area contributed by atoms with Crippen molar-refractivity contribution in [2.75, 3.05) is 11.9 Å². The monoisotopic (exact) mass is 712 g/mol. The zero-order valence-electron chi connectivity index (χ0n) is 26.9. The van der Waals surface area contributed by atoms with Gasteiger partial charge in [-0.05, 0) is 110 Å². The predicted molar refractivity (Wildman–Crippen MR) is 160 cm³/mol. The van der Waals surface area contributed by atoms with E-state index in [-0.39, 0.29) is 46.5 Å². The summed E-state index contributed by atoms with van der Waals surface area (Å²) in [5.41, 5.74) is -0.550. The van der Waals surface area contributed by atoms with E-state index in [4.69, 9.17) is 9.47 Å². The normalized spacial score (nSPS) is 44.1. The van der Waals surface area contributed by atoms with E-state index in [1.807, 2.05) is 13.8 Å². The largest absolute Gasteiger partial charge is 0.490 e. The van der Waals surface area contributed by atoms with E-state index in [0.29, 0.717) is 36.9 Å². The summed E-state index contributed by atoms with van der Waals surface area (Å²) in [4.78, 5) is 23.7. The Morgan fingerprint density at radius 2 is 1.42 bits per heavy atom. The molecule has 5 fully saturated rings. The molecular formula is C34H47BrF6O4. The molecule has 5 aliphatic rings. The van der Waals surface area contributed by atoms with Gasteiger partial charge in [-0.3, -0.25) is 0 Å². The minimum atomic E-state index is -5.04. The van der Waals surface area contributed by atoms with Crippen LogP contribution in [0, 0.1) is 56.7 Å². The van der Waals surface area contributed by atoms with E-state index in [1.54, 1.807) is 0 Å². The minimum absolute atomic E-state index is 0.0413. The maximum absolute atomic E-state index is 13.2. The average Bonchev–Trinajstić information content (AvgIpc) is 3.32. The number of rotatable bonds is 5.